The molecule has 1 radical (unpaired) electrons. The fourth-order valence-electron chi connectivity index (χ4n) is 4.79. The van der Waals surface area contributed by atoms with E-state index in [1.54, 1.807) is 6.20 Å². The Labute approximate surface area is 252 Å². The summed E-state index contributed by atoms with van der Waals surface area (Å²) in [6.45, 7) is 11.6. The number of nitrogens with zero attached hydrogens (tertiary/aromatic N) is 2. The summed E-state index contributed by atoms with van der Waals surface area (Å²) in [6, 6.07) is 35.1. The fourth-order valence-corrected chi connectivity index (χ4v) is 6.30. The number of para-hydroxylation sites is 1. The molecule has 0 unspecified atom stereocenters. The van der Waals surface area contributed by atoms with Crippen molar-refractivity contribution in [3.63, 3.8) is 0 Å². The first kappa shape index (κ1) is 29.6. The number of furan rings is 1. The van der Waals surface area contributed by atoms with Crippen molar-refractivity contribution < 1.29 is 24.5 Å². The molecule has 0 fully saturated rings. The Bertz CT molecular complexity index is 1640. The van der Waals surface area contributed by atoms with Gasteiger partial charge in [-0.05, 0) is 41.4 Å². The van der Waals surface area contributed by atoms with Crippen LogP contribution in [0.5, 0.6) is 0 Å². The average molecular weight is 719 g/mol. The summed E-state index contributed by atoms with van der Waals surface area (Å²) >= 11 is 0. The Kier molecular flexibility index (Phi) is 9.52. The third-order valence-electron chi connectivity index (χ3n) is 6.64. The quantitative estimate of drug-likeness (QED) is 0.132. The monoisotopic (exact) mass is 719 g/mol. The van der Waals surface area contributed by atoms with Gasteiger partial charge in [0.2, 0.25) is 0 Å². The van der Waals surface area contributed by atoms with Crippen molar-refractivity contribution in [1.29, 1.82) is 0 Å². The van der Waals surface area contributed by atoms with E-state index in [2.05, 4.69) is 80.9 Å². The van der Waals surface area contributed by atoms with Crippen LogP contribution in [0.1, 0.15) is 19.4 Å². The van der Waals surface area contributed by atoms with Crippen LogP contribution in [0.4, 0.5) is 0 Å². The van der Waals surface area contributed by atoms with Crippen LogP contribution in [-0.4, -0.2) is 18.0 Å². The van der Waals surface area contributed by atoms with Crippen LogP contribution in [0.2, 0.25) is 19.6 Å². The molecule has 3 nitrogen and oxygen atoms in total. The van der Waals surface area contributed by atoms with Crippen molar-refractivity contribution in [2.75, 3.05) is 0 Å². The molecule has 6 rings (SSSR count). The maximum atomic E-state index is 6.32. The first-order valence-corrected chi connectivity index (χ1v) is 17.0. The van der Waals surface area contributed by atoms with Crippen molar-refractivity contribution >= 4 is 35.2 Å². The SMILES string of the molecule is CC(C)Cc1ccc(-c2[c-]cc([Si](C)(C)C)c3c2oc2ccccc23)nc1.[Ir].[c-]1ccccc1-c1ccccn1. The largest absolute Gasteiger partial charge is 0.501 e. The van der Waals surface area contributed by atoms with Crippen molar-refractivity contribution in [3.05, 3.63) is 115 Å². The van der Waals surface area contributed by atoms with Crippen molar-refractivity contribution in [1.82, 2.24) is 9.97 Å². The van der Waals surface area contributed by atoms with Crippen molar-refractivity contribution in [2.45, 2.75) is 39.9 Å². The number of hydrogen-bond acceptors (Lipinski definition) is 3. The molecule has 0 N–H and O–H groups in total. The van der Waals surface area contributed by atoms with Gasteiger partial charge in [0.1, 0.15) is 5.58 Å². The van der Waals surface area contributed by atoms with Crippen LogP contribution < -0.4 is 5.19 Å². The van der Waals surface area contributed by atoms with Crippen LogP contribution >= 0.6 is 0 Å². The molecule has 205 valence electrons. The molecule has 3 aromatic carbocycles. The number of rotatable bonds is 5. The summed E-state index contributed by atoms with van der Waals surface area (Å²) in [5.74, 6) is 0.627. The summed E-state index contributed by atoms with van der Waals surface area (Å²) in [7, 11) is -1.54. The Morgan fingerprint density at radius 3 is 2.25 bits per heavy atom. The van der Waals surface area contributed by atoms with Crippen LogP contribution in [0.3, 0.4) is 0 Å². The van der Waals surface area contributed by atoms with Gasteiger partial charge in [0.25, 0.3) is 0 Å². The van der Waals surface area contributed by atoms with Gasteiger partial charge >= 0.3 is 0 Å². The average Bonchev–Trinajstić information content (AvgIpc) is 3.33. The van der Waals surface area contributed by atoms with Gasteiger partial charge in [-0.15, -0.1) is 53.2 Å². The number of fused-ring (bicyclic) bond motifs is 3. The normalized spacial score (nSPS) is 11.2. The Hall–Kier alpha value is -3.37. The van der Waals surface area contributed by atoms with E-state index in [1.807, 2.05) is 60.8 Å². The zero-order valence-corrected chi connectivity index (χ0v) is 27.1. The molecule has 0 aliphatic rings. The molecule has 40 heavy (non-hydrogen) atoms. The minimum atomic E-state index is -1.54. The molecule has 0 amide bonds. The van der Waals surface area contributed by atoms with E-state index in [0.29, 0.717) is 5.92 Å². The van der Waals surface area contributed by atoms with E-state index in [1.165, 1.54) is 21.5 Å². The molecule has 3 heterocycles. The van der Waals surface area contributed by atoms with E-state index in [4.69, 9.17) is 9.40 Å². The fraction of sp³-hybridized carbons (Fsp3) is 0.200. The smallest absolute Gasteiger partial charge is 0.120 e. The molecule has 0 bridgehead atoms. The summed E-state index contributed by atoms with van der Waals surface area (Å²) in [5, 5.41) is 3.82. The van der Waals surface area contributed by atoms with Crippen LogP contribution in [0, 0.1) is 18.1 Å². The van der Waals surface area contributed by atoms with Gasteiger partial charge in [0, 0.05) is 46.0 Å². The second-order valence-electron chi connectivity index (χ2n) is 11.3. The molecule has 6 aromatic rings. The van der Waals surface area contributed by atoms with Crippen LogP contribution in [-0.2, 0) is 26.5 Å². The van der Waals surface area contributed by atoms with Crippen LogP contribution in [0.15, 0.2) is 102 Å². The molecule has 0 saturated heterocycles. The number of hydrogen-bond donors (Lipinski definition) is 0. The second kappa shape index (κ2) is 12.9. The standard InChI is InChI=1S/C24H26NOSi.C11H8N.Ir/c1-16(2)14-17-10-12-20(25-15-17)18-11-13-22(27(3,4)5)23-19-8-6-7-9-21(19)26-24(18)23;1-2-6-10(7-3-1)11-8-4-5-9-12-11;/h6-10,12-13,15-16H,14H2,1-5H3;1-6,8-9H;/q2*-1;. The van der Waals surface area contributed by atoms with Gasteiger partial charge in [-0.2, -0.15) is 0 Å². The van der Waals surface area contributed by atoms with E-state index < -0.39 is 8.07 Å². The van der Waals surface area contributed by atoms with Crippen molar-refractivity contribution in [2.24, 2.45) is 5.92 Å². The molecule has 0 aliphatic carbocycles. The van der Waals surface area contributed by atoms with Gasteiger partial charge in [-0.1, -0.05) is 86.9 Å². The number of pyridine rings is 2. The maximum absolute atomic E-state index is 6.32. The molecular formula is C35H34IrN2OSi-2. The third-order valence-corrected chi connectivity index (χ3v) is 8.65. The predicted octanol–water partition coefficient (Wildman–Crippen LogP) is 8.74. The van der Waals surface area contributed by atoms with Gasteiger partial charge in [0.15, 0.2) is 0 Å². The minimum Gasteiger partial charge on any atom is -0.501 e. The summed E-state index contributed by atoms with van der Waals surface area (Å²) < 4.78 is 6.32. The number of benzene rings is 3. The Morgan fingerprint density at radius 2 is 1.60 bits per heavy atom. The van der Waals surface area contributed by atoms with Crippen LogP contribution in [0.25, 0.3) is 44.5 Å². The second-order valence-corrected chi connectivity index (χ2v) is 16.3. The third kappa shape index (κ3) is 6.67. The van der Waals surface area contributed by atoms with Gasteiger partial charge in [0.05, 0.1) is 5.58 Å². The molecule has 0 atom stereocenters. The van der Waals surface area contributed by atoms with Gasteiger partial charge in [-0.25, -0.2) is 0 Å². The van der Waals surface area contributed by atoms with Gasteiger partial charge < -0.3 is 14.4 Å². The zero-order valence-electron chi connectivity index (χ0n) is 23.7. The van der Waals surface area contributed by atoms with E-state index >= 15 is 0 Å². The maximum Gasteiger partial charge on any atom is 0.120 e. The molecule has 0 aliphatic heterocycles. The first-order chi connectivity index (χ1) is 18.8. The molecule has 0 spiro atoms. The Balaban J connectivity index is 0.000000238. The Morgan fingerprint density at radius 1 is 0.825 bits per heavy atom. The number of aromatic nitrogens is 2. The van der Waals surface area contributed by atoms with E-state index in [9.17, 15) is 0 Å². The van der Waals surface area contributed by atoms with Crippen molar-refractivity contribution in [3.8, 4) is 22.5 Å². The molecular weight excluding hydrogens is 685 g/mol. The summed E-state index contributed by atoms with van der Waals surface area (Å²) in [5.41, 5.74) is 7.02. The van der Waals surface area contributed by atoms with E-state index in [-0.39, 0.29) is 20.1 Å². The molecule has 3 aromatic heterocycles. The summed E-state index contributed by atoms with van der Waals surface area (Å²) in [6.07, 6.45) is 4.83. The summed E-state index contributed by atoms with van der Waals surface area (Å²) in [4.78, 5) is 8.95. The van der Waals surface area contributed by atoms with Gasteiger partial charge in [-0.3, -0.25) is 0 Å². The molecule has 5 heteroatoms. The minimum absolute atomic E-state index is 0. The first-order valence-electron chi connectivity index (χ1n) is 13.5. The zero-order chi connectivity index (χ0) is 27.4. The topological polar surface area (TPSA) is 38.9 Å². The molecule has 0 saturated carbocycles. The van der Waals surface area contributed by atoms with E-state index in [0.717, 1.165) is 40.1 Å². The predicted molar refractivity (Wildman–Crippen MR) is 166 cm³/mol.